The fraction of sp³-hybridized carbons (Fsp3) is 0.143. The fourth-order valence-corrected chi connectivity index (χ4v) is 3.46. The Labute approximate surface area is 178 Å². The van der Waals surface area contributed by atoms with Crippen LogP contribution in [0, 0.1) is 0 Å². The Morgan fingerprint density at radius 2 is 1.69 bits per heavy atom. The molecular formula is C21H18Cl2N2O4. The number of hydrogen-bond donors (Lipinski definition) is 1. The number of imide groups is 1. The van der Waals surface area contributed by atoms with Crippen molar-refractivity contribution in [3.05, 3.63) is 70.4 Å². The smallest absolute Gasteiger partial charge is 0.278 e. The van der Waals surface area contributed by atoms with Gasteiger partial charge in [0, 0.05) is 41.0 Å². The van der Waals surface area contributed by atoms with Crippen LogP contribution in [0.4, 0.5) is 5.69 Å². The van der Waals surface area contributed by atoms with E-state index < -0.39 is 11.8 Å². The maximum absolute atomic E-state index is 13.0. The first-order valence-corrected chi connectivity index (χ1v) is 9.32. The Balaban J connectivity index is 2.14. The summed E-state index contributed by atoms with van der Waals surface area (Å²) < 4.78 is 10.5. The normalized spacial score (nSPS) is 13.7. The van der Waals surface area contributed by atoms with Gasteiger partial charge >= 0.3 is 0 Å². The highest BCUT2D eigenvalue weighted by Crippen LogP contribution is 2.36. The maximum atomic E-state index is 13.0. The summed E-state index contributed by atoms with van der Waals surface area (Å²) in [6.07, 6.45) is 1.48. The van der Waals surface area contributed by atoms with E-state index in [1.165, 1.54) is 26.4 Å². The molecule has 0 radical (unpaired) electrons. The minimum Gasteiger partial charge on any atom is -0.497 e. The molecule has 0 fully saturated rings. The predicted octanol–water partition coefficient (Wildman–Crippen LogP) is 4.39. The lowest BCUT2D eigenvalue weighted by molar-refractivity contribution is -0.136. The van der Waals surface area contributed by atoms with Gasteiger partial charge in [0.2, 0.25) is 0 Å². The Morgan fingerprint density at radius 3 is 2.24 bits per heavy atom. The number of nitrogens with zero attached hydrogens (tertiary/aromatic N) is 1. The van der Waals surface area contributed by atoms with Crippen molar-refractivity contribution in [2.24, 2.45) is 0 Å². The van der Waals surface area contributed by atoms with Crippen molar-refractivity contribution in [2.45, 2.75) is 0 Å². The topological polar surface area (TPSA) is 67.9 Å². The van der Waals surface area contributed by atoms with Crippen molar-refractivity contribution in [1.82, 2.24) is 4.90 Å². The van der Waals surface area contributed by atoms with Crippen LogP contribution in [0.15, 0.2) is 54.8 Å². The molecule has 150 valence electrons. The molecular weight excluding hydrogens is 415 g/mol. The van der Waals surface area contributed by atoms with Crippen molar-refractivity contribution in [3.63, 3.8) is 0 Å². The Bertz CT molecular complexity index is 1010. The lowest BCUT2D eigenvalue weighted by Crippen LogP contribution is -2.32. The van der Waals surface area contributed by atoms with Gasteiger partial charge in [-0.3, -0.25) is 14.5 Å². The number of halogens is 2. The quantitative estimate of drug-likeness (QED) is 0.518. The molecule has 8 heteroatoms. The van der Waals surface area contributed by atoms with E-state index in [-0.39, 0.29) is 22.8 Å². The summed E-state index contributed by atoms with van der Waals surface area (Å²) in [7, 11) is 3.04. The molecule has 3 rings (SSSR count). The van der Waals surface area contributed by atoms with Crippen molar-refractivity contribution in [1.29, 1.82) is 0 Å². The van der Waals surface area contributed by atoms with Crippen molar-refractivity contribution in [3.8, 4) is 11.5 Å². The number of rotatable bonds is 7. The third kappa shape index (κ3) is 4.09. The summed E-state index contributed by atoms with van der Waals surface area (Å²) in [5.41, 5.74) is 1.16. The highest BCUT2D eigenvalue weighted by Gasteiger charge is 2.39. The molecule has 0 saturated heterocycles. The molecule has 0 saturated carbocycles. The molecule has 1 heterocycles. The average molecular weight is 433 g/mol. The van der Waals surface area contributed by atoms with Gasteiger partial charge in [-0.1, -0.05) is 35.3 Å². The number of carbonyl (C=O) groups is 2. The van der Waals surface area contributed by atoms with Crippen LogP contribution in [-0.4, -0.2) is 37.5 Å². The third-order valence-electron chi connectivity index (χ3n) is 4.30. The molecule has 2 aromatic carbocycles. The van der Waals surface area contributed by atoms with Crippen molar-refractivity contribution < 1.29 is 19.1 Å². The standard InChI is InChI=1S/C21H18Cl2N2O4/c1-4-7-25-20(26)18(16-6-5-12(22)8-17(16)23)19(21(25)27)24-13-9-14(28-2)11-15(10-13)29-3/h4-6,8-11,24H,1,7H2,2-3H3. The molecule has 0 aromatic heterocycles. The predicted molar refractivity (Wildman–Crippen MR) is 113 cm³/mol. The summed E-state index contributed by atoms with van der Waals surface area (Å²) >= 11 is 12.3. The molecule has 0 aliphatic carbocycles. The lowest BCUT2D eigenvalue weighted by Gasteiger charge is -2.13. The molecule has 1 N–H and O–H groups in total. The van der Waals surface area contributed by atoms with Gasteiger partial charge in [0.15, 0.2) is 0 Å². The van der Waals surface area contributed by atoms with Crippen LogP contribution in [-0.2, 0) is 9.59 Å². The molecule has 0 atom stereocenters. The number of amides is 2. The van der Waals surface area contributed by atoms with Gasteiger partial charge in [-0.25, -0.2) is 0 Å². The van der Waals surface area contributed by atoms with Gasteiger partial charge < -0.3 is 14.8 Å². The largest absolute Gasteiger partial charge is 0.497 e. The van der Waals surface area contributed by atoms with E-state index in [9.17, 15) is 9.59 Å². The van der Waals surface area contributed by atoms with Crippen LogP contribution >= 0.6 is 23.2 Å². The Hall–Kier alpha value is -2.96. The first kappa shape index (κ1) is 20.8. The van der Waals surface area contributed by atoms with E-state index in [1.54, 1.807) is 30.3 Å². The highest BCUT2D eigenvalue weighted by atomic mass is 35.5. The third-order valence-corrected chi connectivity index (χ3v) is 4.85. The molecule has 0 unspecified atom stereocenters. The SMILES string of the molecule is C=CCN1C(=O)C(Nc2cc(OC)cc(OC)c2)=C(c2ccc(Cl)cc2Cl)C1=O. The Kier molecular flexibility index (Phi) is 6.15. The second-order valence-electron chi connectivity index (χ2n) is 6.11. The van der Waals surface area contributed by atoms with Crippen LogP contribution < -0.4 is 14.8 Å². The highest BCUT2D eigenvalue weighted by molar-refractivity contribution is 6.41. The van der Waals surface area contributed by atoms with Crippen LogP contribution in [0.2, 0.25) is 10.0 Å². The van der Waals surface area contributed by atoms with Gasteiger partial charge in [0.05, 0.1) is 24.8 Å². The van der Waals surface area contributed by atoms with Gasteiger partial charge in [-0.05, 0) is 12.1 Å². The van der Waals surface area contributed by atoms with E-state index in [4.69, 9.17) is 32.7 Å². The zero-order valence-corrected chi connectivity index (χ0v) is 17.3. The first-order valence-electron chi connectivity index (χ1n) is 8.56. The number of methoxy groups -OCH3 is 2. The van der Waals surface area contributed by atoms with E-state index in [2.05, 4.69) is 11.9 Å². The second kappa shape index (κ2) is 8.59. The summed E-state index contributed by atoms with van der Waals surface area (Å²) in [6, 6.07) is 9.80. The summed E-state index contributed by atoms with van der Waals surface area (Å²) in [6.45, 7) is 3.68. The van der Waals surface area contributed by atoms with Crippen molar-refractivity contribution >= 4 is 46.3 Å². The van der Waals surface area contributed by atoms with E-state index in [0.717, 1.165) is 4.90 Å². The molecule has 6 nitrogen and oxygen atoms in total. The summed E-state index contributed by atoms with van der Waals surface area (Å²) in [5, 5.41) is 3.71. The number of ether oxygens (including phenoxy) is 2. The monoisotopic (exact) mass is 432 g/mol. The molecule has 29 heavy (non-hydrogen) atoms. The Morgan fingerprint density at radius 1 is 1.03 bits per heavy atom. The maximum Gasteiger partial charge on any atom is 0.278 e. The van der Waals surface area contributed by atoms with E-state index in [0.29, 0.717) is 27.8 Å². The van der Waals surface area contributed by atoms with E-state index >= 15 is 0 Å². The first-order chi connectivity index (χ1) is 13.9. The average Bonchev–Trinajstić information content (AvgIpc) is 2.92. The summed E-state index contributed by atoms with van der Waals surface area (Å²) in [5.74, 6) is 0.0886. The zero-order valence-electron chi connectivity index (χ0n) is 15.8. The molecule has 1 aliphatic heterocycles. The van der Waals surface area contributed by atoms with E-state index in [1.807, 2.05) is 0 Å². The lowest BCUT2D eigenvalue weighted by atomic mass is 10.0. The van der Waals surface area contributed by atoms with Gasteiger partial charge in [0.25, 0.3) is 11.8 Å². The molecule has 2 aromatic rings. The minimum absolute atomic E-state index is 0.0684. The van der Waals surface area contributed by atoms with Crippen LogP contribution in [0.1, 0.15) is 5.56 Å². The molecule has 0 bridgehead atoms. The fourth-order valence-electron chi connectivity index (χ4n) is 2.95. The number of benzene rings is 2. The second-order valence-corrected chi connectivity index (χ2v) is 6.95. The van der Waals surface area contributed by atoms with Gasteiger partial charge in [0.1, 0.15) is 17.2 Å². The minimum atomic E-state index is -0.488. The molecule has 0 spiro atoms. The zero-order chi connectivity index (χ0) is 21.1. The number of hydrogen-bond acceptors (Lipinski definition) is 5. The molecule has 1 aliphatic rings. The molecule has 2 amide bonds. The van der Waals surface area contributed by atoms with Gasteiger partial charge in [-0.2, -0.15) is 0 Å². The number of nitrogens with one attached hydrogen (secondary N) is 1. The van der Waals surface area contributed by atoms with Crippen LogP contribution in [0.25, 0.3) is 5.57 Å². The summed E-state index contributed by atoms with van der Waals surface area (Å²) in [4.78, 5) is 27.1. The number of anilines is 1. The van der Waals surface area contributed by atoms with Gasteiger partial charge in [-0.15, -0.1) is 6.58 Å². The number of carbonyl (C=O) groups excluding carboxylic acids is 2. The van der Waals surface area contributed by atoms with Crippen LogP contribution in [0.5, 0.6) is 11.5 Å². The van der Waals surface area contributed by atoms with Crippen molar-refractivity contribution in [2.75, 3.05) is 26.1 Å². The van der Waals surface area contributed by atoms with Crippen LogP contribution in [0.3, 0.4) is 0 Å².